The normalized spacial score (nSPS) is 10.0. The summed E-state index contributed by atoms with van der Waals surface area (Å²) in [5.74, 6) is -0.654. The number of aromatic amines is 1. The number of nitrogens with zero attached hydrogens (tertiary/aromatic N) is 3. The quantitative estimate of drug-likeness (QED) is 0.604. The van der Waals surface area contributed by atoms with Crippen LogP contribution >= 0.6 is 23.2 Å². The Morgan fingerprint density at radius 1 is 1.09 bits per heavy atom. The Morgan fingerprint density at radius 2 is 1.74 bits per heavy atom. The SMILES string of the molecule is NC(=O)c1ncc(Cl)cc1N.O=c1[nH]cnc2cc(Cl)cnc12. The number of nitrogen functional groups attached to an aromatic ring is 1. The van der Waals surface area contributed by atoms with Crippen molar-refractivity contribution in [2.45, 2.75) is 0 Å². The first-order valence-corrected chi connectivity index (χ1v) is 6.84. The average molecular weight is 353 g/mol. The van der Waals surface area contributed by atoms with Crippen molar-refractivity contribution in [3.05, 3.63) is 56.9 Å². The van der Waals surface area contributed by atoms with Crippen LogP contribution in [0.4, 0.5) is 5.69 Å². The molecule has 10 heteroatoms. The van der Waals surface area contributed by atoms with Gasteiger partial charge in [-0.3, -0.25) is 9.59 Å². The van der Waals surface area contributed by atoms with Crippen LogP contribution < -0.4 is 17.0 Å². The van der Waals surface area contributed by atoms with E-state index in [9.17, 15) is 9.59 Å². The van der Waals surface area contributed by atoms with E-state index < -0.39 is 5.91 Å². The highest BCUT2D eigenvalue weighted by Crippen LogP contribution is 2.14. The summed E-state index contributed by atoms with van der Waals surface area (Å²) < 4.78 is 0. The molecule has 3 heterocycles. The molecule has 0 aromatic carbocycles. The lowest BCUT2D eigenvalue weighted by atomic mass is 10.3. The van der Waals surface area contributed by atoms with Crippen LogP contribution in [0.2, 0.25) is 10.0 Å². The predicted octanol–water partition coefficient (Wildman–Crippen LogP) is 1.39. The van der Waals surface area contributed by atoms with Crippen molar-refractivity contribution in [3.8, 4) is 0 Å². The molecule has 0 saturated heterocycles. The van der Waals surface area contributed by atoms with Gasteiger partial charge in [0.2, 0.25) is 0 Å². The van der Waals surface area contributed by atoms with E-state index in [1.165, 1.54) is 24.8 Å². The van der Waals surface area contributed by atoms with Crippen molar-refractivity contribution in [2.24, 2.45) is 5.73 Å². The van der Waals surface area contributed by atoms with E-state index in [1.54, 1.807) is 6.07 Å². The molecule has 8 nitrogen and oxygen atoms in total. The number of fused-ring (bicyclic) bond motifs is 1. The zero-order chi connectivity index (χ0) is 17.0. The van der Waals surface area contributed by atoms with Crippen LogP contribution in [0.25, 0.3) is 11.0 Å². The van der Waals surface area contributed by atoms with E-state index in [2.05, 4.69) is 19.9 Å². The Hall–Kier alpha value is -2.71. The Kier molecular flexibility index (Phi) is 5.09. The third-order valence-electron chi connectivity index (χ3n) is 2.57. The number of halogens is 2. The maximum absolute atomic E-state index is 11.1. The van der Waals surface area contributed by atoms with E-state index >= 15 is 0 Å². The zero-order valence-corrected chi connectivity index (χ0v) is 13.0. The molecule has 3 aromatic rings. The van der Waals surface area contributed by atoms with Crippen molar-refractivity contribution in [2.75, 3.05) is 5.73 Å². The van der Waals surface area contributed by atoms with Crippen LogP contribution in [0.5, 0.6) is 0 Å². The number of rotatable bonds is 1. The van der Waals surface area contributed by atoms with E-state index in [4.69, 9.17) is 34.7 Å². The minimum absolute atomic E-state index is 0.0504. The number of anilines is 1. The molecule has 0 saturated carbocycles. The molecular formula is C13H10Cl2N6O2. The molecule has 5 N–H and O–H groups in total. The molecule has 3 rings (SSSR count). The van der Waals surface area contributed by atoms with E-state index in [1.807, 2.05) is 0 Å². The van der Waals surface area contributed by atoms with Gasteiger partial charge in [0, 0.05) is 12.4 Å². The minimum atomic E-state index is -0.654. The van der Waals surface area contributed by atoms with Gasteiger partial charge in [-0.2, -0.15) is 0 Å². The van der Waals surface area contributed by atoms with Crippen molar-refractivity contribution in [1.29, 1.82) is 0 Å². The lowest BCUT2D eigenvalue weighted by Gasteiger charge is -1.98. The van der Waals surface area contributed by atoms with E-state index in [-0.39, 0.29) is 16.9 Å². The number of nitrogens with two attached hydrogens (primary N) is 2. The van der Waals surface area contributed by atoms with Gasteiger partial charge < -0.3 is 16.5 Å². The molecule has 3 aromatic heterocycles. The molecule has 118 valence electrons. The monoisotopic (exact) mass is 352 g/mol. The second-order valence-corrected chi connectivity index (χ2v) is 5.08. The maximum atomic E-state index is 11.1. The fourth-order valence-electron chi connectivity index (χ4n) is 1.59. The van der Waals surface area contributed by atoms with Gasteiger partial charge >= 0.3 is 0 Å². The number of amides is 1. The van der Waals surface area contributed by atoms with Crippen LogP contribution in [-0.2, 0) is 0 Å². The Morgan fingerprint density at radius 3 is 2.39 bits per heavy atom. The lowest BCUT2D eigenvalue weighted by molar-refractivity contribution is 0.0996. The van der Waals surface area contributed by atoms with Gasteiger partial charge in [0.05, 0.1) is 27.6 Å². The summed E-state index contributed by atoms with van der Waals surface area (Å²) >= 11 is 11.2. The Labute approximate surface area is 139 Å². The summed E-state index contributed by atoms with van der Waals surface area (Å²) in [6.07, 6.45) is 4.06. The topological polar surface area (TPSA) is 141 Å². The first-order chi connectivity index (χ1) is 10.9. The molecule has 1 amide bonds. The molecule has 0 unspecified atom stereocenters. The number of carbonyl (C=O) groups is 1. The average Bonchev–Trinajstić information content (AvgIpc) is 2.47. The largest absolute Gasteiger partial charge is 0.397 e. The number of H-pyrrole nitrogens is 1. The van der Waals surface area contributed by atoms with Crippen molar-refractivity contribution < 1.29 is 4.79 Å². The van der Waals surface area contributed by atoms with Crippen molar-refractivity contribution in [3.63, 3.8) is 0 Å². The first-order valence-electron chi connectivity index (χ1n) is 6.08. The van der Waals surface area contributed by atoms with Gasteiger partial charge in [-0.05, 0) is 12.1 Å². The van der Waals surface area contributed by atoms with Crippen LogP contribution in [0.15, 0.2) is 35.6 Å². The van der Waals surface area contributed by atoms with Gasteiger partial charge in [-0.1, -0.05) is 23.2 Å². The summed E-state index contributed by atoms with van der Waals surface area (Å²) in [5, 5.41) is 0.855. The number of pyridine rings is 2. The van der Waals surface area contributed by atoms with Crippen LogP contribution in [0, 0.1) is 0 Å². The smallest absolute Gasteiger partial charge is 0.277 e. The minimum Gasteiger partial charge on any atom is -0.397 e. The second kappa shape index (κ2) is 7.03. The summed E-state index contributed by atoms with van der Waals surface area (Å²) in [6.45, 7) is 0. The number of aromatic nitrogens is 4. The third kappa shape index (κ3) is 4.15. The lowest BCUT2D eigenvalue weighted by Crippen LogP contribution is -2.15. The highest BCUT2D eigenvalue weighted by Gasteiger charge is 2.06. The van der Waals surface area contributed by atoms with Crippen LogP contribution in [0.1, 0.15) is 10.5 Å². The first kappa shape index (κ1) is 16.7. The molecule has 0 radical (unpaired) electrons. The van der Waals surface area contributed by atoms with Gasteiger partial charge in [0.25, 0.3) is 11.5 Å². The van der Waals surface area contributed by atoms with Crippen LogP contribution in [0.3, 0.4) is 0 Å². The van der Waals surface area contributed by atoms with E-state index in [0.29, 0.717) is 21.1 Å². The summed E-state index contributed by atoms with van der Waals surface area (Å²) in [7, 11) is 0. The van der Waals surface area contributed by atoms with Gasteiger partial charge in [0.1, 0.15) is 0 Å². The zero-order valence-electron chi connectivity index (χ0n) is 11.5. The molecule has 0 atom stereocenters. The Bertz CT molecular complexity index is 928. The number of hydrogen-bond acceptors (Lipinski definition) is 6. The molecule has 0 spiro atoms. The maximum Gasteiger partial charge on any atom is 0.277 e. The molecular weight excluding hydrogens is 343 g/mol. The fourth-order valence-corrected chi connectivity index (χ4v) is 1.91. The second-order valence-electron chi connectivity index (χ2n) is 4.21. The Balaban J connectivity index is 0.000000168. The summed E-state index contributed by atoms with van der Waals surface area (Å²) in [4.78, 5) is 35.5. The predicted molar refractivity (Wildman–Crippen MR) is 87.3 cm³/mol. The van der Waals surface area contributed by atoms with Crippen molar-refractivity contribution in [1.82, 2.24) is 19.9 Å². The van der Waals surface area contributed by atoms with Gasteiger partial charge in [0.15, 0.2) is 11.2 Å². The molecule has 0 bridgehead atoms. The molecule has 0 aliphatic heterocycles. The van der Waals surface area contributed by atoms with Gasteiger partial charge in [-0.25, -0.2) is 15.0 Å². The number of nitrogens with one attached hydrogen (secondary N) is 1. The molecule has 0 aliphatic rings. The summed E-state index contributed by atoms with van der Waals surface area (Å²) in [6, 6.07) is 3.02. The van der Waals surface area contributed by atoms with E-state index in [0.717, 1.165) is 0 Å². The number of primary amides is 1. The molecule has 23 heavy (non-hydrogen) atoms. The highest BCUT2D eigenvalue weighted by molar-refractivity contribution is 6.31. The fraction of sp³-hybridized carbons (Fsp3) is 0. The standard InChI is InChI=1S/C7H4ClN3O.C6H6ClN3O/c8-4-1-5-6(9-2-4)7(12)11-3-10-5;7-3-1-4(8)5(6(9)11)10-2-3/h1-3H,(H,10,11,12);1-2H,8H2,(H2,9,11). The summed E-state index contributed by atoms with van der Waals surface area (Å²) in [5.41, 5.74) is 11.1. The van der Waals surface area contributed by atoms with Gasteiger partial charge in [-0.15, -0.1) is 0 Å². The third-order valence-corrected chi connectivity index (χ3v) is 2.98. The highest BCUT2D eigenvalue weighted by atomic mass is 35.5. The number of hydrogen-bond donors (Lipinski definition) is 3. The molecule has 0 fully saturated rings. The molecule has 0 aliphatic carbocycles. The van der Waals surface area contributed by atoms with Crippen molar-refractivity contribution >= 4 is 45.8 Å². The number of carbonyl (C=O) groups excluding carboxylic acids is 1. The van der Waals surface area contributed by atoms with Crippen LogP contribution in [-0.4, -0.2) is 25.8 Å².